The Kier molecular flexibility index (Phi) is 4.99. The Hall–Kier alpha value is -0.870. The second-order valence-corrected chi connectivity index (χ2v) is 5.87. The molecule has 5 heteroatoms. The van der Waals surface area contributed by atoms with Crippen molar-refractivity contribution in [2.24, 2.45) is 5.92 Å². The van der Waals surface area contributed by atoms with Crippen LogP contribution < -0.4 is 4.74 Å². The Morgan fingerprint density at radius 2 is 2.26 bits per heavy atom. The number of fused-ring (bicyclic) bond motifs is 1. The van der Waals surface area contributed by atoms with E-state index in [1.165, 1.54) is 0 Å². The molecule has 0 aliphatic rings. The molecule has 0 saturated carbocycles. The third-order valence-corrected chi connectivity index (χ3v) is 4.24. The molecule has 0 amide bonds. The van der Waals surface area contributed by atoms with Gasteiger partial charge in [0.25, 0.3) is 0 Å². The molecule has 0 spiro atoms. The highest BCUT2D eigenvalue weighted by Gasteiger charge is 2.13. The average Bonchev–Trinajstić information content (AvgIpc) is 2.76. The van der Waals surface area contributed by atoms with Crippen molar-refractivity contribution in [1.29, 1.82) is 0 Å². The van der Waals surface area contributed by atoms with Crippen LogP contribution in [0.5, 0.6) is 5.75 Å². The molecule has 0 bridgehead atoms. The molecule has 2 rings (SSSR count). The van der Waals surface area contributed by atoms with E-state index in [9.17, 15) is 0 Å². The fraction of sp³-hybridized carbons (Fsp3) is 0.500. The molecule has 1 aromatic carbocycles. The number of nitrogens with zero attached hydrogens (tertiary/aromatic N) is 2. The minimum absolute atomic E-state index is 0.434. The van der Waals surface area contributed by atoms with Crippen LogP contribution in [0.25, 0.3) is 11.0 Å². The summed E-state index contributed by atoms with van der Waals surface area (Å²) >= 11 is 7.88. The molecule has 0 radical (unpaired) electrons. The zero-order chi connectivity index (χ0) is 13.8. The highest BCUT2D eigenvalue weighted by Crippen LogP contribution is 2.24. The summed E-state index contributed by atoms with van der Waals surface area (Å²) in [4.78, 5) is 4.59. The van der Waals surface area contributed by atoms with E-state index >= 15 is 0 Å². The lowest BCUT2D eigenvalue weighted by Crippen LogP contribution is -2.12. The molecule has 3 nitrogen and oxygen atoms in total. The number of methoxy groups -OCH3 is 1. The number of hydrogen-bond acceptors (Lipinski definition) is 3. The summed E-state index contributed by atoms with van der Waals surface area (Å²) in [6.07, 6.45) is 2.13. The van der Waals surface area contributed by atoms with Crippen molar-refractivity contribution >= 4 is 34.4 Å². The van der Waals surface area contributed by atoms with Crippen LogP contribution in [0.4, 0.5) is 0 Å². The van der Waals surface area contributed by atoms with Crippen molar-refractivity contribution in [2.45, 2.75) is 19.3 Å². The third-order valence-electron chi connectivity index (χ3n) is 3.10. The maximum absolute atomic E-state index is 6.02. The summed E-state index contributed by atoms with van der Waals surface area (Å²) in [6, 6.07) is 5.95. The molecule has 104 valence electrons. The number of benzene rings is 1. The second-order valence-electron chi connectivity index (χ2n) is 4.69. The zero-order valence-corrected chi connectivity index (χ0v) is 13.1. The van der Waals surface area contributed by atoms with E-state index in [4.69, 9.17) is 16.3 Å². The number of ether oxygens (including phenoxy) is 1. The van der Waals surface area contributed by atoms with E-state index in [1.807, 2.05) is 30.0 Å². The van der Waals surface area contributed by atoms with Gasteiger partial charge in [-0.1, -0.05) is 6.92 Å². The maximum Gasteiger partial charge on any atom is 0.124 e. The minimum atomic E-state index is 0.434. The van der Waals surface area contributed by atoms with E-state index < -0.39 is 0 Å². The Balaban J connectivity index is 2.42. The molecule has 0 aliphatic heterocycles. The fourth-order valence-electron chi connectivity index (χ4n) is 2.23. The third kappa shape index (κ3) is 3.18. The zero-order valence-electron chi connectivity index (χ0n) is 11.5. The molecule has 0 fully saturated rings. The van der Waals surface area contributed by atoms with Crippen LogP contribution >= 0.6 is 23.4 Å². The molecule has 0 N–H and O–H groups in total. The summed E-state index contributed by atoms with van der Waals surface area (Å²) in [5.74, 6) is 3.93. The number of imidazole rings is 1. The van der Waals surface area contributed by atoms with Crippen LogP contribution in [-0.2, 0) is 12.4 Å². The molecule has 2 aromatic rings. The van der Waals surface area contributed by atoms with Gasteiger partial charge in [-0.3, -0.25) is 0 Å². The number of thioether (sulfide) groups is 1. The summed E-state index contributed by atoms with van der Waals surface area (Å²) < 4.78 is 7.51. The topological polar surface area (TPSA) is 27.1 Å². The van der Waals surface area contributed by atoms with E-state index in [0.717, 1.165) is 34.9 Å². The van der Waals surface area contributed by atoms with Gasteiger partial charge in [-0.25, -0.2) is 4.98 Å². The molecule has 1 unspecified atom stereocenters. The Labute approximate surface area is 123 Å². The number of aromatic nitrogens is 2. The first kappa shape index (κ1) is 14.5. The van der Waals surface area contributed by atoms with E-state index in [2.05, 4.69) is 22.7 Å². The Bertz CT molecular complexity index is 556. The van der Waals surface area contributed by atoms with Crippen molar-refractivity contribution < 1.29 is 4.74 Å². The summed E-state index contributed by atoms with van der Waals surface area (Å²) in [7, 11) is 1.68. The first-order valence-electron chi connectivity index (χ1n) is 6.27. The number of halogens is 1. The lowest BCUT2D eigenvalue weighted by atomic mass is 10.2. The van der Waals surface area contributed by atoms with Crippen LogP contribution in [0.2, 0.25) is 0 Å². The van der Waals surface area contributed by atoms with Crippen LogP contribution in [0.1, 0.15) is 12.7 Å². The molecule has 19 heavy (non-hydrogen) atoms. The normalized spacial score (nSPS) is 12.8. The fourth-order valence-corrected chi connectivity index (χ4v) is 3.11. The van der Waals surface area contributed by atoms with Crippen molar-refractivity contribution in [3.63, 3.8) is 0 Å². The van der Waals surface area contributed by atoms with Crippen LogP contribution in [-0.4, -0.2) is 28.7 Å². The highest BCUT2D eigenvalue weighted by molar-refractivity contribution is 7.98. The van der Waals surface area contributed by atoms with Gasteiger partial charge in [0, 0.05) is 12.6 Å². The smallest absolute Gasteiger partial charge is 0.124 e. The maximum atomic E-state index is 6.02. The lowest BCUT2D eigenvalue weighted by molar-refractivity contribution is 0.415. The van der Waals surface area contributed by atoms with Crippen LogP contribution in [0, 0.1) is 5.92 Å². The lowest BCUT2D eigenvalue weighted by Gasteiger charge is -2.14. The summed E-state index contributed by atoms with van der Waals surface area (Å²) in [6.45, 7) is 3.19. The van der Waals surface area contributed by atoms with Gasteiger partial charge in [0.1, 0.15) is 11.6 Å². The SMILES string of the molecule is COc1ccc2nc(CCl)n(CC(C)CSC)c2c1. The standard InChI is InChI=1S/C14H19ClN2OS/c1-10(9-19-3)8-17-13-6-11(18-2)4-5-12(13)16-14(17)7-15/h4-6,10H,7-9H2,1-3H3. The van der Waals surface area contributed by atoms with E-state index in [0.29, 0.717) is 11.8 Å². The molecule has 0 saturated heterocycles. The highest BCUT2D eigenvalue weighted by atomic mass is 35.5. The van der Waals surface area contributed by atoms with Crippen molar-refractivity contribution in [3.05, 3.63) is 24.0 Å². The van der Waals surface area contributed by atoms with Crippen molar-refractivity contribution in [2.75, 3.05) is 19.1 Å². The van der Waals surface area contributed by atoms with Gasteiger partial charge in [-0.2, -0.15) is 11.8 Å². The summed E-state index contributed by atoms with van der Waals surface area (Å²) in [5.41, 5.74) is 2.08. The number of rotatable bonds is 6. The summed E-state index contributed by atoms with van der Waals surface area (Å²) in [5, 5.41) is 0. The van der Waals surface area contributed by atoms with Gasteiger partial charge in [0.2, 0.25) is 0 Å². The molecule has 1 atom stereocenters. The Morgan fingerprint density at radius 1 is 1.47 bits per heavy atom. The largest absolute Gasteiger partial charge is 0.497 e. The number of alkyl halides is 1. The predicted molar refractivity (Wildman–Crippen MR) is 83.4 cm³/mol. The molecular formula is C14H19ClN2OS. The second kappa shape index (κ2) is 6.53. The molecule has 0 aliphatic carbocycles. The quantitative estimate of drug-likeness (QED) is 0.759. The number of hydrogen-bond donors (Lipinski definition) is 0. The van der Waals surface area contributed by atoms with Crippen LogP contribution in [0.15, 0.2) is 18.2 Å². The first-order valence-corrected chi connectivity index (χ1v) is 8.20. The molecule has 1 aromatic heterocycles. The van der Waals surface area contributed by atoms with Gasteiger partial charge >= 0.3 is 0 Å². The monoisotopic (exact) mass is 298 g/mol. The van der Waals surface area contributed by atoms with Crippen LogP contribution in [0.3, 0.4) is 0 Å². The molecular weight excluding hydrogens is 280 g/mol. The van der Waals surface area contributed by atoms with Gasteiger partial charge in [-0.15, -0.1) is 11.6 Å². The van der Waals surface area contributed by atoms with Gasteiger partial charge in [0.15, 0.2) is 0 Å². The average molecular weight is 299 g/mol. The Morgan fingerprint density at radius 3 is 2.89 bits per heavy atom. The first-order chi connectivity index (χ1) is 9.19. The van der Waals surface area contributed by atoms with Crippen molar-refractivity contribution in [1.82, 2.24) is 9.55 Å². The minimum Gasteiger partial charge on any atom is -0.497 e. The predicted octanol–water partition coefficient (Wildman–Crippen LogP) is 3.78. The van der Waals surface area contributed by atoms with Gasteiger partial charge in [-0.05, 0) is 30.1 Å². The van der Waals surface area contributed by atoms with E-state index in [-0.39, 0.29) is 0 Å². The van der Waals surface area contributed by atoms with Gasteiger partial charge in [0.05, 0.1) is 24.0 Å². The molecule has 1 heterocycles. The van der Waals surface area contributed by atoms with Gasteiger partial charge < -0.3 is 9.30 Å². The van der Waals surface area contributed by atoms with E-state index in [1.54, 1.807) is 7.11 Å². The van der Waals surface area contributed by atoms with Crippen molar-refractivity contribution in [3.8, 4) is 5.75 Å².